The minimum absolute atomic E-state index is 0.403. The standard InChI is InChI=1S/C42H26O.C40H24O/c1-2-11-28(12-3-1)40-33-15-6-8-17-35(33)41(36-18-9-7-16-34(36)40)29-23-21-27(22-24-29)32-19-10-20-37-38-25-30-13-4-5-14-31(30)26-39(38)43-42(32)37;1-2-11-26-22-29(21-20-25(26)10-1)38-30-14-5-7-16-32(30)39(33-17-8-6-15-31(33)38)35-19-9-18-34-36-23-27-12-3-4-13-28(27)24-37(36)41-40(34)35/h1-26H;1-24H/i1D,2D,3D,4D,5D,6D,7D,8D,9D,10D,11D,12D,13D,14D,15D,16D,17D,18D,19D,20D,21D,22D,23D,24D,25D,26D;1D,2D,3D,4D,5D,6D,7D,8D,9D,10D,11D,12D,13D,14D,15D,16D,17D,18D,19D,20D,21D,22D,23D,24D. The molecule has 2 heteroatoms. The topological polar surface area (TPSA) is 26.3 Å². The van der Waals surface area contributed by atoms with Crippen LogP contribution in [-0.2, 0) is 0 Å². The Morgan fingerprint density at radius 1 is 0.190 bits per heavy atom. The molecule has 18 rings (SSSR count). The first-order valence-electron chi connectivity index (χ1n) is 49.8. The first-order valence-corrected chi connectivity index (χ1v) is 24.8. The zero-order chi connectivity index (χ0) is 98.8. The third-order valence-electron chi connectivity index (χ3n) is 13.7. The lowest BCUT2D eigenvalue weighted by molar-refractivity contribution is 0.670. The van der Waals surface area contributed by atoms with E-state index in [4.69, 9.17) is 55.4 Å². The monoisotopic (exact) mass is 1120 g/mol. The largest absolute Gasteiger partial charge is 0.455 e. The second-order valence-corrected chi connectivity index (χ2v) is 18.3. The van der Waals surface area contributed by atoms with E-state index in [-0.39, 0.29) is 0 Å². The normalized spacial score (nSPS) is 20.1. The molecule has 0 bridgehead atoms. The lowest BCUT2D eigenvalue weighted by Crippen LogP contribution is -1.91. The second kappa shape index (κ2) is 19.3. The molecule has 0 saturated carbocycles. The number of rotatable bonds is 5. The van der Waals surface area contributed by atoms with Gasteiger partial charge >= 0.3 is 0 Å². The van der Waals surface area contributed by atoms with Crippen molar-refractivity contribution in [3.63, 3.8) is 0 Å². The van der Waals surface area contributed by atoms with Crippen LogP contribution in [-0.4, -0.2) is 0 Å². The molecule has 16 aromatic carbocycles. The van der Waals surface area contributed by atoms with Crippen LogP contribution in [0.4, 0.5) is 0 Å². The molecule has 0 N–H and O–H groups in total. The molecular weight excluding hydrogens is 1020 g/mol. The first-order chi connectivity index (χ1) is 62.5. The zero-order valence-electron chi connectivity index (χ0n) is 91.8. The number of hydrogen-bond donors (Lipinski definition) is 0. The average molecular weight is 1120 g/mol. The van der Waals surface area contributed by atoms with Crippen LogP contribution < -0.4 is 0 Å². The summed E-state index contributed by atoms with van der Waals surface area (Å²) < 4.78 is 456. The Bertz CT molecular complexity index is 8570. The maximum absolute atomic E-state index is 9.53. The summed E-state index contributed by atoms with van der Waals surface area (Å²) in [4.78, 5) is 0. The highest BCUT2D eigenvalue weighted by atomic mass is 16.3. The van der Waals surface area contributed by atoms with Gasteiger partial charge in [0.2, 0.25) is 0 Å². The van der Waals surface area contributed by atoms with Crippen molar-refractivity contribution in [2.24, 2.45) is 0 Å². The fourth-order valence-corrected chi connectivity index (χ4v) is 10.2. The SMILES string of the molecule is [2H]c1c([2H])c([2H])c(-c2c3c([2H])c([2H])c([2H])c([2H])c3c(-c3c([2H])c([2H])c(-c4c([2H])c([2H])c([2H])c5c4oc4c([2H])c6c([2H])c([2H])c([2H])c([2H])c6c([2H])c45)c([2H])c3[2H])c3c([2H])c([2H])c([2H])c([2H])c23)c([2H])c1[2H].[2H]c1c([2H])c([2H])c2c(oc3c([2H])c4c([2H])c([2H])c([2H])c([2H])c4c([2H])c32)c1-c1c2c([2H])c([2H])c([2H])c([2H])c2c(-c2c([2H])c([2H])c3c([2H])c([2H])c([2H])c([2H])c3c2[2H])c2c([2H])c([2H])c([2H])c([2H])c12. The van der Waals surface area contributed by atoms with E-state index in [1.807, 2.05) is 0 Å². The van der Waals surface area contributed by atoms with Crippen molar-refractivity contribution < 1.29 is 77.4 Å². The first kappa shape index (κ1) is 19.6. The van der Waals surface area contributed by atoms with Crippen LogP contribution in [0.1, 0.15) is 68.5 Å². The Morgan fingerprint density at radius 3 is 0.988 bits per heavy atom. The van der Waals surface area contributed by atoms with E-state index in [0.29, 0.717) is 0 Å². The van der Waals surface area contributed by atoms with Gasteiger partial charge in [0.05, 0.1) is 68.5 Å². The van der Waals surface area contributed by atoms with Gasteiger partial charge < -0.3 is 8.83 Å². The maximum Gasteiger partial charge on any atom is 0.143 e. The number of para-hydroxylation sites is 2. The summed E-state index contributed by atoms with van der Waals surface area (Å²) in [6.07, 6.45) is 0. The van der Waals surface area contributed by atoms with Crippen molar-refractivity contribution >= 4 is 119 Å². The molecule has 0 aliphatic heterocycles. The summed E-state index contributed by atoms with van der Waals surface area (Å²) >= 11 is 0. The molecule has 18 aromatic rings. The smallest absolute Gasteiger partial charge is 0.143 e. The van der Waals surface area contributed by atoms with E-state index >= 15 is 0 Å². The van der Waals surface area contributed by atoms with Gasteiger partial charge in [0.1, 0.15) is 22.3 Å². The van der Waals surface area contributed by atoms with Crippen LogP contribution in [0.15, 0.2) is 311 Å². The lowest BCUT2D eigenvalue weighted by Gasteiger charge is -2.18. The highest BCUT2D eigenvalue weighted by Crippen LogP contribution is 2.48. The highest BCUT2D eigenvalue weighted by molar-refractivity contribution is 6.26. The van der Waals surface area contributed by atoms with Gasteiger partial charge in [-0.15, -0.1) is 0 Å². The second-order valence-electron chi connectivity index (χ2n) is 18.3. The van der Waals surface area contributed by atoms with Crippen molar-refractivity contribution in [3.05, 3.63) is 302 Å². The van der Waals surface area contributed by atoms with Crippen LogP contribution >= 0.6 is 0 Å². The molecule has 2 heterocycles. The van der Waals surface area contributed by atoms with Crippen molar-refractivity contribution in [2.75, 3.05) is 0 Å². The molecule has 0 fully saturated rings. The van der Waals surface area contributed by atoms with Gasteiger partial charge in [-0.3, -0.25) is 0 Å². The predicted molar refractivity (Wildman–Crippen MR) is 357 cm³/mol. The van der Waals surface area contributed by atoms with E-state index in [2.05, 4.69) is 0 Å². The fourth-order valence-electron chi connectivity index (χ4n) is 10.2. The molecule has 0 amide bonds. The summed E-state index contributed by atoms with van der Waals surface area (Å²) in [5, 5.41) is -10.1. The molecule has 0 saturated heterocycles. The summed E-state index contributed by atoms with van der Waals surface area (Å²) in [5.41, 5.74) is -9.38. The molecule has 0 aliphatic carbocycles. The molecule has 0 spiro atoms. The number of furan rings is 2. The van der Waals surface area contributed by atoms with Crippen molar-refractivity contribution in [1.29, 1.82) is 0 Å². The van der Waals surface area contributed by atoms with Crippen LogP contribution in [0.2, 0.25) is 0 Å². The van der Waals surface area contributed by atoms with Crippen molar-refractivity contribution in [3.8, 4) is 55.6 Å². The Labute approximate surface area is 554 Å². The van der Waals surface area contributed by atoms with Gasteiger partial charge in [0, 0.05) is 38.2 Å². The van der Waals surface area contributed by atoms with Crippen molar-refractivity contribution in [1.82, 2.24) is 0 Å². The van der Waals surface area contributed by atoms with E-state index in [1.54, 1.807) is 0 Å². The number of hydrogen-bond acceptors (Lipinski definition) is 2. The fraction of sp³-hybridized carbons (Fsp3) is 0. The Kier molecular flexibility index (Phi) is 4.49. The zero-order valence-corrected chi connectivity index (χ0v) is 41.8. The molecule has 390 valence electrons. The Hall–Kier alpha value is -11.1. The van der Waals surface area contributed by atoms with Gasteiger partial charge in [-0.05, 0) is 145 Å². The molecule has 0 radical (unpaired) electrons. The van der Waals surface area contributed by atoms with E-state index in [0.717, 1.165) is 0 Å². The molecular formula is C82H50O2. The van der Waals surface area contributed by atoms with E-state index in [9.17, 15) is 21.9 Å². The third-order valence-corrected chi connectivity index (χ3v) is 13.7. The van der Waals surface area contributed by atoms with Gasteiger partial charge in [-0.2, -0.15) is 0 Å². The number of benzene rings is 16. The summed E-state index contributed by atoms with van der Waals surface area (Å²) in [7, 11) is 0. The molecule has 84 heavy (non-hydrogen) atoms. The minimum Gasteiger partial charge on any atom is -0.455 e. The number of fused-ring (bicyclic) bond motifs is 13. The third kappa shape index (κ3) is 7.65. The lowest BCUT2D eigenvalue weighted by atomic mass is 9.85. The summed E-state index contributed by atoms with van der Waals surface area (Å²) in [6, 6.07) is -43.4. The molecule has 0 aliphatic rings. The van der Waals surface area contributed by atoms with Crippen LogP contribution in [0.5, 0.6) is 0 Å². The van der Waals surface area contributed by atoms with Crippen molar-refractivity contribution in [2.45, 2.75) is 0 Å². The van der Waals surface area contributed by atoms with Gasteiger partial charge in [0.25, 0.3) is 0 Å². The van der Waals surface area contributed by atoms with Crippen LogP contribution in [0, 0.1) is 0 Å². The summed E-state index contributed by atoms with van der Waals surface area (Å²) in [6.45, 7) is 0. The molecule has 2 nitrogen and oxygen atoms in total. The summed E-state index contributed by atoms with van der Waals surface area (Å²) in [5.74, 6) is 0. The van der Waals surface area contributed by atoms with Crippen LogP contribution in [0.3, 0.4) is 0 Å². The predicted octanol–water partition coefficient (Wildman–Crippen LogP) is 23.6. The molecule has 0 atom stereocenters. The quantitative estimate of drug-likeness (QED) is 0.161. The maximum atomic E-state index is 9.53. The molecule has 0 unspecified atom stereocenters. The van der Waals surface area contributed by atoms with Gasteiger partial charge in [-0.25, -0.2) is 0 Å². The average Bonchev–Trinajstić information content (AvgIpc) is 1.25. The van der Waals surface area contributed by atoms with Crippen LogP contribution in [0.25, 0.3) is 175 Å². The van der Waals surface area contributed by atoms with E-state index in [1.165, 1.54) is 0 Å². The Morgan fingerprint density at radius 2 is 0.512 bits per heavy atom. The highest BCUT2D eigenvalue weighted by Gasteiger charge is 2.22. The van der Waals surface area contributed by atoms with Gasteiger partial charge in [0.15, 0.2) is 0 Å². The Balaban J connectivity index is 0.000000187. The van der Waals surface area contributed by atoms with E-state index < -0.39 is 477 Å². The van der Waals surface area contributed by atoms with Gasteiger partial charge in [-0.1, -0.05) is 272 Å². The minimum atomic E-state index is -1.06. The molecule has 2 aromatic heterocycles.